The van der Waals surface area contributed by atoms with Crippen LogP contribution in [0.15, 0.2) is 59.7 Å². The van der Waals surface area contributed by atoms with E-state index in [1.54, 1.807) is 0 Å². The van der Waals surface area contributed by atoms with Gasteiger partial charge in [0.15, 0.2) is 0 Å². The number of hydrogen-bond acceptors (Lipinski definition) is 2. The molecule has 1 N–H and O–H groups in total. The van der Waals surface area contributed by atoms with E-state index in [1.165, 1.54) is 0 Å². The standard InChI is InChI=1S/C17H19ClN2/c1-13(2)11-17(14-7-4-3-5-8-14)20-19-16-10-6-9-15(18)12-16/h3-10,12-13,19H,11H2,1-2H3/b20-17-. The Morgan fingerprint density at radius 2 is 1.85 bits per heavy atom. The van der Waals surface area contributed by atoms with Crippen molar-refractivity contribution < 1.29 is 0 Å². The third-order valence-electron chi connectivity index (χ3n) is 2.85. The van der Waals surface area contributed by atoms with Gasteiger partial charge in [-0.15, -0.1) is 0 Å². The van der Waals surface area contributed by atoms with Gasteiger partial charge in [-0.2, -0.15) is 5.10 Å². The van der Waals surface area contributed by atoms with Gasteiger partial charge in [0.1, 0.15) is 0 Å². The van der Waals surface area contributed by atoms with Gasteiger partial charge >= 0.3 is 0 Å². The molecular weight excluding hydrogens is 268 g/mol. The summed E-state index contributed by atoms with van der Waals surface area (Å²) in [6, 6.07) is 17.8. The number of anilines is 1. The van der Waals surface area contributed by atoms with E-state index in [2.05, 4.69) is 36.5 Å². The molecule has 3 heteroatoms. The number of nitrogens with one attached hydrogen (secondary N) is 1. The highest BCUT2D eigenvalue weighted by atomic mass is 35.5. The summed E-state index contributed by atoms with van der Waals surface area (Å²) < 4.78 is 0. The molecule has 0 amide bonds. The first-order chi connectivity index (χ1) is 9.65. The molecule has 0 aliphatic rings. The van der Waals surface area contributed by atoms with E-state index >= 15 is 0 Å². The number of halogens is 1. The maximum atomic E-state index is 5.97. The minimum Gasteiger partial charge on any atom is -0.278 e. The van der Waals surface area contributed by atoms with Crippen LogP contribution in [0.25, 0.3) is 0 Å². The van der Waals surface area contributed by atoms with Gasteiger partial charge in [-0.05, 0) is 36.1 Å². The highest BCUT2D eigenvalue weighted by Gasteiger charge is 2.06. The van der Waals surface area contributed by atoms with Crippen molar-refractivity contribution >= 4 is 23.0 Å². The van der Waals surface area contributed by atoms with Crippen LogP contribution in [0.2, 0.25) is 5.02 Å². The van der Waals surface area contributed by atoms with Crippen molar-refractivity contribution in [1.82, 2.24) is 0 Å². The van der Waals surface area contributed by atoms with Gasteiger partial charge in [0.25, 0.3) is 0 Å². The lowest BCUT2D eigenvalue weighted by atomic mass is 10.0. The summed E-state index contributed by atoms with van der Waals surface area (Å²) >= 11 is 5.97. The molecule has 0 heterocycles. The minimum absolute atomic E-state index is 0.551. The first-order valence-corrected chi connectivity index (χ1v) is 7.16. The summed E-state index contributed by atoms with van der Waals surface area (Å²) in [5, 5.41) is 5.26. The second-order valence-electron chi connectivity index (χ2n) is 5.14. The number of rotatable bonds is 5. The largest absolute Gasteiger partial charge is 0.278 e. The molecule has 0 radical (unpaired) electrons. The Morgan fingerprint density at radius 1 is 1.10 bits per heavy atom. The molecule has 0 unspecified atom stereocenters. The van der Waals surface area contributed by atoms with Crippen LogP contribution in [0, 0.1) is 5.92 Å². The Bertz CT molecular complexity index is 577. The van der Waals surface area contributed by atoms with Crippen molar-refractivity contribution in [3.63, 3.8) is 0 Å². The number of benzene rings is 2. The van der Waals surface area contributed by atoms with Crippen molar-refractivity contribution in [2.24, 2.45) is 11.0 Å². The molecular formula is C17H19ClN2. The van der Waals surface area contributed by atoms with Crippen molar-refractivity contribution in [2.75, 3.05) is 5.43 Å². The summed E-state index contributed by atoms with van der Waals surface area (Å²) in [5.74, 6) is 0.551. The average Bonchev–Trinajstić information content (AvgIpc) is 2.44. The Balaban J connectivity index is 2.20. The maximum absolute atomic E-state index is 5.97. The SMILES string of the molecule is CC(C)C/C(=N/Nc1cccc(Cl)c1)c1ccccc1. The summed E-state index contributed by atoms with van der Waals surface area (Å²) in [5.41, 5.74) is 6.20. The van der Waals surface area contributed by atoms with E-state index in [0.717, 1.165) is 23.4 Å². The lowest BCUT2D eigenvalue weighted by Gasteiger charge is -2.10. The molecule has 20 heavy (non-hydrogen) atoms. The average molecular weight is 287 g/mol. The van der Waals surface area contributed by atoms with E-state index in [1.807, 2.05) is 42.5 Å². The molecule has 2 aromatic carbocycles. The van der Waals surface area contributed by atoms with Crippen LogP contribution >= 0.6 is 11.6 Å². The highest BCUT2D eigenvalue weighted by Crippen LogP contribution is 2.16. The Morgan fingerprint density at radius 3 is 2.50 bits per heavy atom. The van der Waals surface area contributed by atoms with Crippen molar-refractivity contribution in [3.8, 4) is 0 Å². The van der Waals surface area contributed by atoms with E-state index in [4.69, 9.17) is 11.6 Å². The van der Waals surface area contributed by atoms with Gasteiger partial charge < -0.3 is 0 Å². The molecule has 0 aliphatic heterocycles. The quantitative estimate of drug-likeness (QED) is 0.593. The van der Waals surface area contributed by atoms with Gasteiger partial charge in [-0.1, -0.05) is 61.8 Å². The van der Waals surface area contributed by atoms with Gasteiger partial charge in [-0.3, -0.25) is 5.43 Å². The monoisotopic (exact) mass is 286 g/mol. The van der Waals surface area contributed by atoms with Gasteiger partial charge in [0.05, 0.1) is 11.4 Å². The van der Waals surface area contributed by atoms with Crippen LogP contribution in [0.5, 0.6) is 0 Å². The van der Waals surface area contributed by atoms with Crippen LogP contribution in [-0.4, -0.2) is 5.71 Å². The molecule has 2 rings (SSSR count). The summed E-state index contributed by atoms with van der Waals surface area (Å²) in [6.07, 6.45) is 0.928. The maximum Gasteiger partial charge on any atom is 0.0681 e. The Hall–Kier alpha value is -1.80. The molecule has 0 fully saturated rings. The minimum atomic E-state index is 0.551. The fourth-order valence-electron chi connectivity index (χ4n) is 1.94. The lowest BCUT2D eigenvalue weighted by Crippen LogP contribution is -2.08. The first-order valence-electron chi connectivity index (χ1n) is 6.78. The van der Waals surface area contributed by atoms with E-state index in [9.17, 15) is 0 Å². The van der Waals surface area contributed by atoms with Gasteiger partial charge in [0, 0.05) is 5.02 Å². The van der Waals surface area contributed by atoms with Crippen molar-refractivity contribution in [3.05, 3.63) is 65.2 Å². The van der Waals surface area contributed by atoms with Crippen molar-refractivity contribution in [1.29, 1.82) is 0 Å². The zero-order chi connectivity index (χ0) is 14.4. The van der Waals surface area contributed by atoms with Crippen LogP contribution < -0.4 is 5.43 Å². The highest BCUT2D eigenvalue weighted by molar-refractivity contribution is 6.30. The second kappa shape index (κ2) is 7.11. The Kier molecular flexibility index (Phi) is 5.19. The molecule has 0 spiro atoms. The third kappa shape index (κ3) is 4.39. The van der Waals surface area contributed by atoms with E-state index in [-0.39, 0.29) is 0 Å². The Labute approximate surface area is 125 Å². The molecule has 2 aromatic rings. The number of hydrazone groups is 1. The van der Waals surface area contributed by atoms with Crippen LogP contribution in [0.4, 0.5) is 5.69 Å². The molecule has 0 atom stereocenters. The van der Waals surface area contributed by atoms with Crippen molar-refractivity contribution in [2.45, 2.75) is 20.3 Å². The predicted molar refractivity (Wildman–Crippen MR) is 87.5 cm³/mol. The zero-order valence-electron chi connectivity index (χ0n) is 11.8. The first kappa shape index (κ1) is 14.6. The van der Waals surface area contributed by atoms with Crippen LogP contribution in [0.3, 0.4) is 0 Å². The predicted octanol–water partition coefficient (Wildman–Crippen LogP) is 5.20. The molecule has 2 nitrogen and oxygen atoms in total. The summed E-state index contributed by atoms with van der Waals surface area (Å²) in [4.78, 5) is 0. The normalized spacial score (nSPS) is 11.7. The second-order valence-corrected chi connectivity index (χ2v) is 5.58. The van der Waals surface area contributed by atoms with Crippen LogP contribution in [0.1, 0.15) is 25.8 Å². The fourth-order valence-corrected chi connectivity index (χ4v) is 2.13. The third-order valence-corrected chi connectivity index (χ3v) is 3.09. The smallest absolute Gasteiger partial charge is 0.0681 e. The molecule has 0 bridgehead atoms. The van der Waals surface area contributed by atoms with Gasteiger partial charge in [0.2, 0.25) is 0 Å². The zero-order valence-corrected chi connectivity index (χ0v) is 12.6. The van der Waals surface area contributed by atoms with E-state index in [0.29, 0.717) is 10.9 Å². The summed E-state index contributed by atoms with van der Waals surface area (Å²) in [7, 11) is 0. The van der Waals surface area contributed by atoms with Crippen LogP contribution in [-0.2, 0) is 0 Å². The van der Waals surface area contributed by atoms with E-state index < -0.39 is 0 Å². The number of nitrogens with zero attached hydrogens (tertiary/aromatic N) is 1. The molecule has 104 valence electrons. The molecule has 0 saturated heterocycles. The summed E-state index contributed by atoms with van der Waals surface area (Å²) in [6.45, 7) is 4.38. The lowest BCUT2D eigenvalue weighted by molar-refractivity contribution is 0.683. The molecule has 0 aromatic heterocycles. The molecule has 0 saturated carbocycles. The molecule has 0 aliphatic carbocycles. The van der Waals surface area contributed by atoms with Gasteiger partial charge in [-0.25, -0.2) is 0 Å². The number of hydrogen-bond donors (Lipinski definition) is 1. The fraction of sp³-hybridized carbons (Fsp3) is 0.235. The topological polar surface area (TPSA) is 24.4 Å².